The molecule has 0 saturated heterocycles. The lowest BCUT2D eigenvalue weighted by molar-refractivity contribution is 0.404. The van der Waals surface area contributed by atoms with Gasteiger partial charge in [0, 0.05) is 0 Å². The molecule has 0 bridgehead atoms. The summed E-state index contributed by atoms with van der Waals surface area (Å²) in [6.07, 6.45) is 4.79. The quantitative estimate of drug-likeness (QED) is 0.227. The second kappa shape index (κ2) is 3.54. The van der Waals surface area contributed by atoms with Gasteiger partial charge in [0.25, 0.3) is 0 Å². The average molecular weight is 300 g/mol. The van der Waals surface area contributed by atoms with Crippen LogP contribution in [0.1, 0.15) is 5.56 Å². The summed E-state index contributed by atoms with van der Waals surface area (Å²) in [4.78, 5) is 0. The minimum Gasteiger partial charge on any atom is -0.202 e. The summed E-state index contributed by atoms with van der Waals surface area (Å²) in [5.41, 5.74) is -0.600. The van der Waals surface area contributed by atoms with Crippen LogP contribution in [0.2, 0.25) is 0 Å². The van der Waals surface area contributed by atoms with Gasteiger partial charge in [0.1, 0.15) is 0 Å². The van der Waals surface area contributed by atoms with Crippen LogP contribution in [-0.2, 0) is 0 Å². The molecule has 13 heavy (non-hydrogen) atoms. The fraction of sp³-hybridized carbons (Fsp3) is 0. The van der Waals surface area contributed by atoms with Gasteiger partial charge in [0.05, 0.1) is 9.13 Å². The Morgan fingerprint density at radius 2 is 1.38 bits per heavy atom. The fourth-order valence-corrected chi connectivity index (χ4v) is 1.36. The van der Waals surface area contributed by atoms with Crippen LogP contribution in [0.3, 0.4) is 0 Å². The summed E-state index contributed by atoms with van der Waals surface area (Å²) in [6.45, 7) is 0. The number of halogens is 5. The van der Waals surface area contributed by atoms with E-state index in [-0.39, 0.29) is 0 Å². The van der Waals surface area contributed by atoms with Gasteiger partial charge in [-0.05, 0) is 22.6 Å². The molecule has 0 atom stereocenters. The average Bonchev–Trinajstić information content (AvgIpc) is 2.13. The van der Waals surface area contributed by atoms with Crippen molar-refractivity contribution in [1.82, 2.24) is 0 Å². The van der Waals surface area contributed by atoms with Gasteiger partial charge in [0.15, 0.2) is 23.3 Å². The van der Waals surface area contributed by atoms with Gasteiger partial charge >= 0.3 is 0 Å². The van der Waals surface area contributed by atoms with E-state index in [0.29, 0.717) is 0 Å². The molecule has 0 saturated carbocycles. The molecule has 68 valence electrons. The molecule has 0 unspecified atom stereocenters. The van der Waals surface area contributed by atoms with Crippen LogP contribution in [0.25, 0.3) is 0 Å². The summed E-state index contributed by atoms with van der Waals surface area (Å²) in [6, 6.07) is 0. The molecule has 0 aliphatic carbocycles. The number of terminal acetylenes is 1. The van der Waals surface area contributed by atoms with E-state index in [4.69, 9.17) is 6.42 Å². The summed E-state index contributed by atoms with van der Waals surface area (Å²) in [7, 11) is 0. The second-order valence-corrected chi connectivity index (χ2v) is 3.17. The first-order chi connectivity index (χ1) is 6.00. The first-order valence-corrected chi connectivity index (χ1v) is 4.06. The number of rotatable bonds is 0. The summed E-state index contributed by atoms with van der Waals surface area (Å²) in [5, 5.41) is 0. The van der Waals surface area contributed by atoms with Crippen molar-refractivity contribution in [2.75, 3.05) is 0 Å². The summed E-state index contributed by atoms with van der Waals surface area (Å²) >= 11 is 1.31. The zero-order chi connectivity index (χ0) is 10.2. The minimum atomic E-state index is -1.88. The van der Waals surface area contributed by atoms with Crippen LogP contribution in [0.4, 0.5) is 17.6 Å². The molecule has 0 N–H and O–H groups in total. The predicted molar refractivity (Wildman–Crippen MR) is 46.9 cm³/mol. The first-order valence-electron chi connectivity index (χ1n) is 2.98. The van der Waals surface area contributed by atoms with Gasteiger partial charge in [-0.1, -0.05) is 5.92 Å². The van der Waals surface area contributed by atoms with Crippen LogP contribution in [-0.4, -0.2) is 0 Å². The highest BCUT2D eigenvalue weighted by atomic mass is 127. The maximum Gasteiger partial charge on any atom is 0.198 e. The van der Waals surface area contributed by atoms with E-state index >= 15 is 0 Å². The third-order valence-corrected chi connectivity index (χ3v) is 2.37. The smallest absolute Gasteiger partial charge is 0.198 e. The highest BCUT2D eigenvalue weighted by molar-refractivity contribution is 14.1. The fourth-order valence-electron chi connectivity index (χ4n) is 0.732. The normalized spacial score (nSPS) is 9.85. The van der Waals surface area contributed by atoms with Crippen molar-refractivity contribution in [3.63, 3.8) is 0 Å². The van der Waals surface area contributed by atoms with Crippen molar-refractivity contribution in [2.24, 2.45) is 0 Å². The Labute approximate surface area is 85.1 Å². The van der Waals surface area contributed by atoms with E-state index in [2.05, 4.69) is 0 Å². The molecule has 0 heterocycles. The van der Waals surface area contributed by atoms with Crippen LogP contribution in [0, 0.1) is 39.2 Å². The standard InChI is InChI=1S/C8HF4I/c1-2-3-4(9)5(10)6(11)7(12)8(3)13/h1H. The van der Waals surface area contributed by atoms with Gasteiger partial charge in [-0.2, -0.15) is 0 Å². The molecule has 5 heteroatoms. The van der Waals surface area contributed by atoms with E-state index in [1.54, 1.807) is 5.92 Å². The van der Waals surface area contributed by atoms with Gasteiger partial charge in [0.2, 0.25) is 0 Å². The molecule has 0 fully saturated rings. The molecule has 0 radical (unpaired) electrons. The van der Waals surface area contributed by atoms with Gasteiger partial charge in [-0.25, -0.2) is 17.6 Å². The lowest BCUT2D eigenvalue weighted by Gasteiger charge is -2.03. The van der Waals surface area contributed by atoms with E-state index in [0.717, 1.165) is 0 Å². The maximum atomic E-state index is 12.8. The Kier molecular flexibility index (Phi) is 2.81. The van der Waals surface area contributed by atoms with E-state index in [9.17, 15) is 17.6 Å². The predicted octanol–water partition coefficient (Wildman–Crippen LogP) is 2.83. The zero-order valence-corrected chi connectivity index (χ0v) is 8.12. The molecule has 0 spiro atoms. The van der Waals surface area contributed by atoms with Crippen molar-refractivity contribution in [3.8, 4) is 12.3 Å². The van der Waals surface area contributed by atoms with Crippen molar-refractivity contribution < 1.29 is 17.6 Å². The van der Waals surface area contributed by atoms with E-state index in [1.165, 1.54) is 22.6 Å². The molecular weight excluding hydrogens is 299 g/mol. The third kappa shape index (κ3) is 1.50. The highest BCUT2D eigenvalue weighted by Crippen LogP contribution is 2.24. The Balaban J connectivity index is 3.69. The summed E-state index contributed by atoms with van der Waals surface area (Å²) in [5.74, 6) is -4.99. The lowest BCUT2D eigenvalue weighted by atomic mass is 10.2. The van der Waals surface area contributed by atoms with Gasteiger partial charge in [-0.15, -0.1) is 6.42 Å². The largest absolute Gasteiger partial charge is 0.202 e. The van der Waals surface area contributed by atoms with Crippen LogP contribution < -0.4 is 0 Å². The topological polar surface area (TPSA) is 0 Å². The highest BCUT2D eigenvalue weighted by Gasteiger charge is 2.22. The van der Waals surface area contributed by atoms with E-state index in [1.807, 2.05) is 0 Å². The molecular formula is C8HF4I. The van der Waals surface area contributed by atoms with Gasteiger partial charge < -0.3 is 0 Å². The van der Waals surface area contributed by atoms with Crippen molar-refractivity contribution in [2.45, 2.75) is 0 Å². The molecule has 0 aliphatic heterocycles. The maximum absolute atomic E-state index is 12.8. The van der Waals surface area contributed by atoms with Gasteiger partial charge in [-0.3, -0.25) is 0 Å². The molecule has 0 aliphatic rings. The Morgan fingerprint density at radius 3 is 1.85 bits per heavy atom. The van der Waals surface area contributed by atoms with E-state index < -0.39 is 32.4 Å². The Morgan fingerprint density at radius 1 is 0.923 bits per heavy atom. The molecule has 1 rings (SSSR count). The summed E-state index contributed by atoms with van der Waals surface area (Å²) < 4.78 is 50.1. The second-order valence-electron chi connectivity index (χ2n) is 2.09. The molecule has 0 aromatic heterocycles. The lowest BCUT2D eigenvalue weighted by Crippen LogP contribution is -2.03. The molecule has 1 aromatic carbocycles. The number of hydrogen-bond acceptors (Lipinski definition) is 0. The van der Waals surface area contributed by atoms with Crippen LogP contribution in [0.5, 0.6) is 0 Å². The SMILES string of the molecule is C#Cc1c(F)c(F)c(F)c(F)c1I. The van der Waals surface area contributed by atoms with Crippen molar-refractivity contribution >= 4 is 22.6 Å². The zero-order valence-electron chi connectivity index (χ0n) is 5.97. The molecule has 1 aromatic rings. The minimum absolute atomic E-state index is 0.434. The van der Waals surface area contributed by atoms with Crippen LogP contribution in [0.15, 0.2) is 0 Å². The third-order valence-electron chi connectivity index (χ3n) is 1.35. The Hall–Kier alpha value is -0.770. The molecule has 0 amide bonds. The number of hydrogen-bond donors (Lipinski definition) is 0. The monoisotopic (exact) mass is 300 g/mol. The van der Waals surface area contributed by atoms with Crippen LogP contribution >= 0.6 is 22.6 Å². The van der Waals surface area contributed by atoms with Crippen molar-refractivity contribution in [1.29, 1.82) is 0 Å². The number of benzene rings is 1. The first kappa shape index (κ1) is 10.3. The molecule has 0 nitrogen and oxygen atoms in total. The van der Waals surface area contributed by atoms with Crippen molar-refractivity contribution in [3.05, 3.63) is 32.4 Å². The Bertz CT molecular complexity index is 377.